The van der Waals surface area contributed by atoms with Gasteiger partial charge in [-0.1, -0.05) is 14.0 Å². The van der Waals surface area contributed by atoms with Crippen molar-refractivity contribution in [2.75, 3.05) is 45.9 Å². The van der Waals surface area contributed by atoms with Gasteiger partial charge in [0.25, 0.3) is 0 Å². The number of aromatic amines is 1. The van der Waals surface area contributed by atoms with Crippen molar-refractivity contribution in [2.24, 2.45) is 0 Å². The van der Waals surface area contributed by atoms with Crippen LogP contribution in [-0.4, -0.2) is 61.5 Å². The molecule has 1 aliphatic heterocycles. The molecular formula is C28H33N4O2P. The average Bonchev–Trinajstić information content (AvgIpc) is 3.31. The zero-order chi connectivity index (χ0) is 24.4. The van der Waals surface area contributed by atoms with Gasteiger partial charge in [0.15, 0.2) is 0 Å². The molecule has 5 rings (SSSR count). The molecule has 0 radical (unpaired) electrons. The van der Waals surface area contributed by atoms with E-state index in [4.69, 9.17) is 9.47 Å². The van der Waals surface area contributed by atoms with Gasteiger partial charge >= 0.3 is 0 Å². The minimum absolute atomic E-state index is 0.303. The molecule has 1 aliphatic rings. The van der Waals surface area contributed by atoms with Crippen molar-refractivity contribution in [3.63, 3.8) is 0 Å². The molecule has 2 aromatic carbocycles. The summed E-state index contributed by atoms with van der Waals surface area (Å²) in [4.78, 5) is 10.4. The predicted octanol–water partition coefficient (Wildman–Crippen LogP) is 5.82. The molecule has 7 heteroatoms. The summed E-state index contributed by atoms with van der Waals surface area (Å²) in [7, 11) is 3.55. The minimum Gasteiger partial charge on any atom is -0.496 e. The first kappa shape index (κ1) is 23.7. The fraction of sp³-hybridized carbons (Fsp3) is 0.321. The van der Waals surface area contributed by atoms with Crippen LogP contribution in [0.25, 0.3) is 22.3 Å². The molecule has 0 spiro atoms. The lowest BCUT2D eigenvalue weighted by Crippen LogP contribution is -2.35. The van der Waals surface area contributed by atoms with Gasteiger partial charge in [0, 0.05) is 41.4 Å². The lowest BCUT2D eigenvalue weighted by molar-refractivity contribution is 0.114. The van der Waals surface area contributed by atoms with E-state index in [9.17, 15) is 0 Å². The highest BCUT2D eigenvalue weighted by Crippen LogP contribution is 2.36. The smallest absolute Gasteiger partial charge is 0.139 e. The predicted molar refractivity (Wildman–Crippen MR) is 147 cm³/mol. The number of nitrogens with zero attached hydrogens (tertiary/aromatic N) is 2. The van der Waals surface area contributed by atoms with Crippen LogP contribution in [0.1, 0.15) is 12.8 Å². The van der Waals surface area contributed by atoms with Crippen LogP contribution >= 0.6 is 7.92 Å². The zero-order valence-corrected chi connectivity index (χ0v) is 21.7. The summed E-state index contributed by atoms with van der Waals surface area (Å²) in [6, 6.07) is 18.7. The number of piperidine rings is 1. The van der Waals surface area contributed by atoms with Crippen molar-refractivity contribution in [3.8, 4) is 22.8 Å². The summed E-state index contributed by atoms with van der Waals surface area (Å²) in [5.41, 5.74) is 5.10. The molecule has 4 aromatic rings. The molecule has 0 atom stereocenters. The number of hydrogen-bond donors (Lipinski definition) is 2. The van der Waals surface area contributed by atoms with Gasteiger partial charge in [0.05, 0.1) is 12.8 Å². The highest BCUT2D eigenvalue weighted by molar-refractivity contribution is 7.64. The van der Waals surface area contributed by atoms with E-state index in [2.05, 4.69) is 77.0 Å². The van der Waals surface area contributed by atoms with Crippen molar-refractivity contribution in [3.05, 3.63) is 60.8 Å². The molecule has 0 aliphatic carbocycles. The van der Waals surface area contributed by atoms with Crippen molar-refractivity contribution in [2.45, 2.75) is 18.9 Å². The van der Waals surface area contributed by atoms with Gasteiger partial charge in [-0.05, 0) is 87.3 Å². The van der Waals surface area contributed by atoms with Crippen molar-refractivity contribution < 1.29 is 9.47 Å². The number of pyridine rings is 1. The number of ether oxygens (including phenoxy) is 2. The lowest BCUT2D eigenvalue weighted by Gasteiger charge is -2.29. The Kier molecular flexibility index (Phi) is 6.94. The number of aromatic nitrogens is 2. The van der Waals surface area contributed by atoms with Crippen LogP contribution < -0.4 is 20.1 Å². The molecule has 0 bridgehead atoms. The van der Waals surface area contributed by atoms with E-state index in [1.807, 2.05) is 24.4 Å². The molecule has 35 heavy (non-hydrogen) atoms. The van der Waals surface area contributed by atoms with E-state index in [0.717, 1.165) is 71.1 Å². The molecule has 0 amide bonds. The van der Waals surface area contributed by atoms with Gasteiger partial charge in [-0.3, -0.25) is 0 Å². The van der Waals surface area contributed by atoms with Crippen LogP contribution in [0.2, 0.25) is 0 Å². The average molecular weight is 489 g/mol. The van der Waals surface area contributed by atoms with Gasteiger partial charge < -0.3 is 24.7 Å². The number of methoxy groups -OCH3 is 1. The molecule has 182 valence electrons. The van der Waals surface area contributed by atoms with Gasteiger partial charge in [0.1, 0.15) is 23.3 Å². The largest absolute Gasteiger partial charge is 0.496 e. The molecular weight excluding hydrogens is 455 g/mol. The number of benzene rings is 2. The molecule has 6 nitrogen and oxygen atoms in total. The number of nitrogens with one attached hydrogen (secondary N) is 2. The molecule has 3 heterocycles. The standard InChI is InChI=1S/C28H33N4O2P/c1-32-16-13-21(14-17-32)34-20-10-8-19(9-11-20)25-18-22-23(12-15-29-28(22)31-25)30-24-6-5-7-26(33-2)27(24)35(3)4/h5-12,15,18,21H,13-14,16-17H2,1-4H3,(H2,29,30,31). The number of hydrogen-bond acceptors (Lipinski definition) is 5. The molecule has 0 saturated carbocycles. The quantitative estimate of drug-likeness (QED) is 0.321. The Balaban J connectivity index is 1.39. The fourth-order valence-electron chi connectivity index (χ4n) is 4.69. The van der Waals surface area contributed by atoms with Crippen molar-refractivity contribution in [1.82, 2.24) is 14.9 Å². The fourth-order valence-corrected chi connectivity index (χ4v) is 5.91. The Hall–Kier alpha value is -3.08. The maximum atomic E-state index is 6.22. The molecule has 0 unspecified atom stereocenters. The Morgan fingerprint density at radius 2 is 1.80 bits per heavy atom. The van der Waals surface area contributed by atoms with E-state index in [-0.39, 0.29) is 7.92 Å². The van der Waals surface area contributed by atoms with Crippen LogP contribution in [0.5, 0.6) is 11.5 Å². The first-order valence-corrected chi connectivity index (χ1v) is 14.3. The first-order chi connectivity index (χ1) is 17.0. The SMILES string of the molecule is COc1cccc(Nc2ccnc3[nH]c(-c4ccc(OC5CCN(C)CC5)cc4)cc23)c1P(C)C. The third-order valence-electron chi connectivity index (χ3n) is 6.60. The van der Waals surface area contributed by atoms with E-state index in [1.165, 1.54) is 5.30 Å². The maximum Gasteiger partial charge on any atom is 0.139 e. The number of fused-ring (bicyclic) bond motifs is 1. The Morgan fingerprint density at radius 1 is 1.03 bits per heavy atom. The van der Waals surface area contributed by atoms with Gasteiger partial charge in [-0.15, -0.1) is 0 Å². The normalized spacial score (nSPS) is 15.0. The highest BCUT2D eigenvalue weighted by Gasteiger charge is 2.18. The third-order valence-corrected chi connectivity index (χ3v) is 7.96. The van der Waals surface area contributed by atoms with Crippen molar-refractivity contribution >= 4 is 35.6 Å². The van der Waals surface area contributed by atoms with Gasteiger partial charge in [-0.2, -0.15) is 0 Å². The van der Waals surface area contributed by atoms with Crippen LogP contribution in [0, 0.1) is 0 Å². The highest BCUT2D eigenvalue weighted by atomic mass is 31.1. The number of likely N-dealkylation sites (tertiary alicyclic amines) is 1. The summed E-state index contributed by atoms with van der Waals surface area (Å²) in [5, 5.41) is 5.93. The van der Waals surface area contributed by atoms with Crippen LogP contribution in [0.3, 0.4) is 0 Å². The topological polar surface area (TPSA) is 62.4 Å². The summed E-state index contributed by atoms with van der Waals surface area (Å²) in [6.45, 7) is 6.68. The molecule has 2 aromatic heterocycles. The summed E-state index contributed by atoms with van der Waals surface area (Å²) in [6.07, 6.45) is 4.30. The third kappa shape index (κ3) is 5.14. The second-order valence-corrected chi connectivity index (χ2v) is 11.6. The number of rotatable bonds is 7. The van der Waals surface area contributed by atoms with Crippen LogP contribution in [0.15, 0.2) is 60.8 Å². The monoisotopic (exact) mass is 488 g/mol. The van der Waals surface area contributed by atoms with Crippen molar-refractivity contribution in [1.29, 1.82) is 0 Å². The Labute approximate surface area is 208 Å². The van der Waals surface area contributed by atoms with E-state index in [0.29, 0.717) is 6.10 Å². The Morgan fingerprint density at radius 3 is 2.51 bits per heavy atom. The second-order valence-electron chi connectivity index (χ2n) is 9.32. The maximum absolute atomic E-state index is 6.22. The summed E-state index contributed by atoms with van der Waals surface area (Å²) in [5.74, 6) is 1.86. The van der Waals surface area contributed by atoms with Crippen LogP contribution in [-0.2, 0) is 0 Å². The van der Waals surface area contributed by atoms with Gasteiger partial charge in [0.2, 0.25) is 0 Å². The zero-order valence-electron chi connectivity index (χ0n) is 20.8. The van der Waals surface area contributed by atoms with Gasteiger partial charge in [-0.25, -0.2) is 4.98 Å². The molecule has 2 N–H and O–H groups in total. The second kappa shape index (κ2) is 10.3. The molecule has 1 fully saturated rings. The van der Waals surface area contributed by atoms with E-state index < -0.39 is 0 Å². The number of H-pyrrole nitrogens is 1. The Bertz CT molecular complexity index is 1290. The number of anilines is 2. The summed E-state index contributed by atoms with van der Waals surface area (Å²) < 4.78 is 11.9. The lowest BCUT2D eigenvalue weighted by atomic mass is 10.1. The van der Waals surface area contributed by atoms with Crippen LogP contribution in [0.4, 0.5) is 11.4 Å². The first-order valence-electron chi connectivity index (χ1n) is 12.1. The summed E-state index contributed by atoms with van der Waals surface area (Å²) >= 11 is 0. The minimum atomic E-state index is -0.351. The van der Waals surface area contributed by atoms with E-state index in [1.54, 1.807) is 7.11 Å². The molecule has 1 saturated heterocycles. The van der Waals surface area contributed by atoms with E-state index >= 15 is 0 Å².